The number of nitrogens with zero attached hydrogens (tertiary/aromatic N) is 4. The summed E-state index contributed by atoms with van der Waals surface area (Å²) in [4.78, 5) is 4.68. The maximum Gasteiger partial charge on any atom is 0.283 e. The fraction of sp³-hybridized carbons (Fsp3) is 0.250. The lowest BCUT2D eigenvalue weighted by molar-refractivity contribution is 0.315. The van der Waals surface area contributed by atoms with Crippen molar-refractivity contribution in [2.75, 3.05) is 32.1 Å². The van der Waals surface area contributed by atoms with Gasteiger partial charge < -0.3 is 18.6 Å². The van der Waals surface area contributed by atoms with Gasteiger partial charge in [0.15, 0.2) is 5.76 Å². The van der Waals surface area contributed by atoms with E-state index in [1.165, 1.54) is 24.2 Å². The van der Waals surface area contributed by atoms with Gasteiger partial charge in [0.05, 0.1) is 0 Å². The van der Waals surface area contributed by atoms with E-state index < -0.39 is 0 Å². The molecule has 1 aliphatic rings. The fourth-order valence-electron chi connectivity index (χ4n) is 3.87. The number of benzene rings is 2. The van der Waals surface area contributed by atoms with Gasteiger partial charge in [-0.2, -0.15) is 0 Å². The van der Waals surface area contributed by atoms with Crippen LogP contribution in [-0.4, -0.2) is 48.3 Å². The molecule has 1 aliphatic heterocycles. The summed E-state index contributed by atoms with van der Waals surface area (Å²) < 4.78 is 24.8. The summed E-state index contributed by atoms with van der Waals surface area (Å²) in [6, 6.07) is 18.5. The van der Waals surface area contributed by atoms with Crippen LogP contribution in [0.15, 0.2) is 69.5 Å². The Morgan fingerprint density at radius 2 is 1.52 bits per heavy atom. The molecule has 0 aliphatic carbocycles. The molecule has 0 spiro atoms. The standard InChI is InChI=1S/C24H23FN4O2/c1-28(2)20-13-14-29(15-20)19-9-5-17(6-10-19)23-26-27-24(31-23)22-12-11-21(30-22)16-3-7-18(25)8-4-16/h3-12,20H,13-15H2,1-2H3. The molecule has 1 fully saturated rings. The molecule has 3 heterocycles. The van der Waals surface area contributed by atoms with Crippen molar-refractivity contribution in [2.45, 2.75) is 12.5 Å². The first-order valence-electron chi connectivity index (χ1n) is 10.3. The lowest BCUT2D eigenvalue weighted by Gasteiger charge is -2.21. The SMILES string of the molecule is CN(C)C1CCN(c2ccc(-c3nnc(-c4ccc(-c5ccc(F)cc5)o4)o3)cc2)C1. The number of halogens is 1. The van der Waals surface area contributed by atoms with E-state index >= 15 is 0 Å². The number of furan rings is 1. The highest BCUT2D eigenvalue weighted by Crippen LogP contribution is 2.31. The molecular weight excluding hydrogens is 395 g/mol. The van der Waals surface area contributed by atoms with Gasteiger partial charge in [0.2, 0.25) is 5.89 Å². The lowest BCUT2D eigenvalue weighted by atomic mass is 10.2. The highest BCUT2D eigenvalue weighted by atomic mass is 19.1. The van der Waals surface area contributed by atoms with E-state index in [0.29, 0.717) is 29.3 Å². The molecule has 0 amide bonds. The Bertz CT molecular complexity index is 1170. The predicted molar refractivity (Wildman–Crippen MR) is 117 cm³/mol. The van der Waals surface area contributed by atoms with E-state index in [0.717, 1.165) is 24.2 Å². The van der Waals surface area contributed by atoms with Crippen molar-refractivity contribution in [2.24, 2.45) is 0 Å². The second kappa shape index (κ2) is 8.00. The fourth-order valence-corrected chi connectivity index (χ4v) is 3.87. The molecule has 1 saturated heterocycles. The number of anilines is 1. The average Bonchev–Trinajstić information content (AvgIpc) is 3.54. The van der Waals surface area contributed by atoms with E-state index in [1.54, 1.807) is 24.3 Å². The Balaban J connectivity index is 1.31. The van der Waals surface area contributed by atoms with Crippen LogP contribution in [0.4, 0.5) is 10.1 Å². The van der Waals surface area contributed by atoms with E-state index in [2.05, 4.69) is 46.2 Å². The van der Waals surface area contributed by atoms with Crippen LogP contribution in [0.25, 0.3) is 34.4 Å². The number of likely N-dealkylation sites (N-methyl/N-ethyl adjacent to an activating group) is 1. The predicted octanol–water partition coefficient (Wildman–Crippen LogP) is 4.94. The zero-order valence-electron chi connectivity index (χ0n) is 17.5. The van der Waals surface area contributed by atoms with Gasteiger partial charge in [-0.15, -0.1) is 10.2 Å². The second-order valence-corrected chi connectivity index (χ2v) is 7.98. The van der Waals surface area contributed by atoms with Gasteiger partial charge in [-0.25, -0.2) is 4.39 Å². The van der Waals surface area contributed by atoms with Gasteiger partial charge >= 0.3 is 0 Å². The van der Waals surface area contributed by atoms with Crippen molar-refractivity contribution >= 4 is 5.69 Å². The van der Waals surface area contributed by atoms with Crippen LogP contribution in [0.1, 0.15) is 6.42 Å². The van der Waals surface area contributed by atoms with Crippen LogP contribution in [0, 0.1) is 5.82 Å². The Morgan fingerprint density at radius 3 is 2.23 bits per heavy atom. The van der Waals surface area contributed by atoms with Gasteiger partial charge in [0.1, 0.15) is 11.6 Å². The van der Waals surface area contributed by atoms with Crippen molar-refractivity contribution < 1.29 is 13.2 Å². The molecule has 6 nitrogen and oxygen atoms in total. The summed E-state index contributed by atoms with van der Waals surface area (Å²) in [7, 11) is 4.26. The topological polar surface area (TPSA) is 58.5 Å². The zero-order valence-corrected chi connectivity index (χ0v) is 17.5. The summed E-state index contributed by atoms with van der Waals surface area (Å²) in [5.41, 5.74) is 2.83. The Hall–Kier alpha value is -3.45. The Labute approximate surface area is 179 Å². The number of hydrogen-bond acceptors (Lipinski definition) is 6. The Morgan fingerprint density at radius 1 is 0.839 bits per heavy atom. The van der Waals surface area contributed by atoms with Crippen molar-refractivity contribution in [1.29, 1.82) is 0 Å². The first kappa shape index (κ1) is 19.5. The monoisotopic (exact) mass is 418 g/mol. The van der Waals surface area contributed by atoms with Crippen LogP contribution in [0.5, 0.6) is 0 Å². The maximum absolute atomic E-state index is 13.1. The average molecular weight is 418 g/mol. The first-order chi connectivity index (χ1) is 15.1. The Kier molecular flexibility index (Phi) is 5.03. The van der Waals surface area contributed by atoms with E-state index in [1.807, 2.05) is 12.1 Å². The van der Waals surface area contributed by atoms with Crippen molar-refractivity contribution in [3.8, 4) is 34.4 Å². The smallest absolute Gasteiger partial charge is 0.283 e. The molecule has 2 aromatic carbocycles. The third-order valence-corrected chi connectivity index (χ3v) is 5.74. The van der Waals surface area contributed by atoms with E-state index in [4.69, 9.17) is 8.83 Å². The van der Waals surface area contributed by atoms with Gasteiger partial charge in [-0.3, -0.25) is 0 Å². The molecule has 0 bridgehead atoms. The molecule has 0 radical (unpaired) electrons. The van der Waals surface area contributed by atoms with Crippen LogP contribution < -0.4 is 4.90 Å². The van der Waals surface area contributed by atoms with E-state index in [-0.39, 0.29) is 5.82 Å². The second-order valence-electron chi connectivity index (χ2n) is 7.98. The highest BCUT2D eigenvalue weighted by Gasteiger charge is 2.24. The molecule has 4 aromatic rings. The summed E-state index contributed by atoms with van der Waals surface area (Å²) >= 11 is 0. The number of aromatic nitrogens is 2. The van der Waals surface area contributed by atoms with Crippen molar-refractivity contribution in [3.63, 3.8) is 0 Å². The minimum absolute atomic E-state index is 0.287. The molecule has 1 atom stereocenters. The van der Waals surface area contributed by atoms with Crippen molar-refractivity contribution in [3.05, 3.63) is 66.5 Å². The molecule has 2 aromatic heterocycles. The van der Waals surface area contributed by atoms with Crippen LogP contribution in [0.3, 0.4) is 0 Å². The van der Waals surface area contributed by atoms with E-state index in [9.17, 15) is 4.39 Å². The molecule has 0 N–H and O–H groups in total. The highest BCUT2D eigenvalue weighted by molar-refractivity contribution is 5.63. The summed E-state index contributed by atoms with van der Waals surface area (Å²) in [5.74, 6) is 1.54. The summed E-state index contributed by atoms with van der Waals surface area (Å²) in [6.07, 6.45) is 1.17. The first-order valence-corrected chi connectivity index (χ1v) is 10.3. The lowest BCUT2D eigenvalue weighted by Crippen LogP contribution is -2.31. The molecule has 1 unspecified atom stereocenters. The van der Waals surface area contributed by atoms with Crippen LogP contribution >= 0.6 is 0 Å². The minimum atomic E-state index is -0.287. The number of hydrogen-bond donors (Lipinski definition) is 0. The third kappa shape index (κ3) is 3.96. The zero-order chi connectivity index (χ0) is 21.4. The molecule has 31 heavy (non-hydrogen) atoms. The van der Waals surface area contributed by atoms with Gasteiger partial charge in [-0.05, 0) is 81.2 Å². The molecular formula is C24H23FN4O2. The normalized spacial score (nSPS) is 16.4. The third-order valence-electron chi connectivity index (χ3n) is 5.74. The largest absolute Gasteiger partial charge is 0.451 e. The van der Waals surface area contributed by atoms with Crippen LogP contribution in [0.2, 0.25) is 0 Å². The van der Waals surface area contributed by atoms with Gasteiger partial charge in [0.25, 0.3) is 5.89 Å². The van der Waals surface area contributed by atoms with Crippen molar-refractivity contribution in [1.82, 2.24) is 15.1 Å². The van der Waals surface area contributed by atoms with Gasteiger partial charge in [-0.1, -0.05) is 0 Å². The van der Waals surface area contributed by atoms with Crippen LogP contribution in [-0.2, 0) is 0 Å². The molecule has 5 rings (SSSR count). The number of rotatable bonds is 5. The minimum Gasteiger partial charge on any atom is -0.451 e. The summed E-state index contributed by atoms with van der Waals surface area (Å²) in [6.45, 7) is 2.09. The molecule has 0 saturated carbocycles. The molecule has 158 valence electrons. The van der Waals surface area contributed by atoms with Gasteiger partial charge in [0, 0.05) is 35.9 Å². The summed E-state index contributed by atoms with van der Waals surface area (Å²) in [5, 5.41) is 8.30. The maximum atomic E-state index is 13.1. The quantitative estimate of drug-likeness (QED) is 0.457. The molecule has 7 heteroatoms.